The van der Waals surface area contributed by atoms with E-state index in [9.17, 15) is 14.3 Å². The lowest BCUT2D eigenvalue weighted by Crippen LogP contribution is -2.28. The fourth-order valence-corrected chi connectivity index (χ4v) is 5.35. The zero-order chi connectivity index (χ0) is 29.6. The number of hydrogen-bond acceptors (Lipinski definition) is 7. The van der Waals surface area contributed by atoms with Crippen molar-refractivity contribution in [3.05, 3.63) is 0 Å². The predicted molar refractivity (Wildman–Crippen MR) is 164 cm³/mol. The minimum Gasteiger partial charge on any atom is -0.457 e. The summed E-state index contributed by atoms with van der Waals surface area (Å²) in [7, 11) is -4.25. The van der Waals surface area contributed by atoms with Crippen molar-refractivity contribution in [1.82, 2.24) is 0 Å². The largest absolute Gasteiger partial charge is 0.472 e. The topological polar surface area (TPSA) is 117 Å². The normalized spacial score (nSPS) is 13.8. The predicted octanol–water partition coefficient (Wildman–Crippen LogP) is 8.63. The Labute approximate surface area is 246 Å². The molecule has 0 aliphatic carbocycles. The van der Waals surface area contributed by atoms with Gasteiger partial charge < -0.3 is 20.1 Å². The number of carbonyl (C=O) groups is 1. The van der Waals surface area contributed by atoms with Crippen LogP contribution in [0.5, 0.6) is 0 Å². The molecular weight excluding hydrogens is 529 g/mol. The zero-order valence-corrected chi connectivity index (χ0v) is 27.0. The van der Waals surface area contributed by atoms with Gasteiger partial charge >= 0.3 is 13.8 Å². The van der Waals surface area contributed by atoms with Crippen molar-refractivity contribution in [3.8, 4) is 0 Å². The molecule has 9 heteroatoms. The number of nitrogens with two attached hydrogens (primary N) is 1. The Balaban J connectivity index is 4.06. The molecule has 0 amide bonds. The Hall–Kier alpha value is -0.500. The van der Waals surface area contributed by atoms with Gasteiger partial charge in [0.15, 0.2) is 0 Å². The number of phosphoric ester groups is 1. The van der Waals surface area contributed by atoms with Gasteiger partial charge in [0, 0.05) is 19.6 Å². The van der Waals surface area contributed by atoms with Gasteiger partial charge in [0.05, 0.1) is 19.8 Å². The standard InChI is InChI=1S/C31H64NO7P/c1-3-5-7-9-11-12-13-14-15-16-17-18-20-22-24-31(33)39-30(29-38-40(34,35)37-27-25-32)28-36-26-23-21-19-10-8-6-4-2/h30H,3-29,32H2,1-2H3,(H,34,35). The molecule has 0 aromatic rings. The molecule has 0 radical (unpaired) electrons. The van der Waals surface area contributed by atoms with Crippen molar-refractivity contribution in [3.63, 3.8) is 0 Å². The number of hydrogen-bond donors (Lipinski definition) is 2. The number of ether oxygens (including phenoxy) is 2. The average Bonchev–Trinajstić information content (AvgIpc) is 2.94. The molecule has 0 bridgehead atoms. The van der Waals surface area contributed by atoms with Crippen LogP contribution in [0.4, 0.5) is 0 Å². The van der Waals surface area contributed by atoms with Gasteiger partial charge in [0.1, 0.15) is 6.10 Å². The summed E-state index contributed by atoms with van der Waals surface area (Å²) in [6.45, 7) is 4.90. The van der Waals surface area contributed by atoms with E-state index in [0.717, 1.165) is 32.1 Å². The summed E-state index contributed by atoms with van der Waals surface area (Å²) in [6, 6.07) is 0. The number of rotatable bonds is 32. The molecule has 2 unspecified atom stereocenters. The highest BCUT2D eigenvalue weighted by Crippen LogP contribution is 2.43. The van der Waals surface area contributed by atoms with Crippen molar-refractivity contribution in [2.75, 3.05) is 33.0 Å². The Morgan fingerprint density at radius 2 is 1.10 bits per heavy atom. The van der Waals surface area contributed by atoms with E-state index in [0.29, 0.717) is 13.0 Å². The third-order valence-electron chi connectivity index (χ3n) is 7.02. The molecule has 0 saturated carbocycles. The summed E-state index contributed by atoms with van der Waals surface area (Å²) in [6.07, 6.45) is 25.5. The van der Waals surface area contributed by atoms with Crippen LogP contribution in [-0.2, 0) is 27.9 Å². The summed E-state index contributed by atoms with van der Waals surface area (Å²) in [5, 5.41) is 0. The van der Waals surface area contributed by atoms with Crippen LogP contribution in [0.1, 0.15) is 155 Å². The van der Waals surface area contributed by atoms with E-state index in [-0.39, 0.29) is 32.3 Å². The summed E-state index contributed by atoms with van der Waals surface area (Å²) >= 11 is 0. The Bertz CT molecular complexity index is 594. The number of unbranched alkanes of at least 4 members (excludes halogenated alkanes) is 19. The first-order chi connectivity index (χ1) is 19.4. The molecule has 0 rings (SSSR count). The van der Waals surface area contributed by atoms with Gasteiger partial charge in [-0.15, -0.1) is 0 Å². The van der Waals surface area contributed by atoms with Crippen molar-refractivity contribution >= 4 is 13.8 Å². The molecule has 0 aromatic heterocycles. The third kappa shape index (κ3) is 29.0. The van der Waals surface area contributed by atoms with Crippen LogP contribution < -0.4 is 5.73 Å². The summed E-state index contributed by atoms with van der Waals surface area (Å²) in [5.74, 6) is -0.331. The van der Waals surface area contributed by atoms with E-state index < -0.39 is 13.9 Å². The van der Waals surface area contributed by atoms with E-state index in [1.165, 1.54) is 103 Å². The second kappa shape index (κ2) is 30.0. The molecular formula is C31H64NO7P. The van der Waals surface area contributed by atoms with Gasteiger partial charge in [-0.05, 0) is 12.8 Å². The lowest BCUT2D eigenvalue weighted by molar-refractivity contribution is -0.154. The second-order valence-corrected chi connectivity index (χ2v) is 12.5. The Kier molecular flexibility index (Phi) is 29.6. The van der Waals surface area contributed by atoms with Crippen molar-refractivity contribution < 1.29 is 32.8 Å². The van der Waals surface area contributed by atoms with Crippen LogP contribution in [0.15, 0.2) is 0 Å². The maximum atomic E-state index is 12.4. The minimum atomic E-state index is -4.25. The maximum absolute atomic E-state index is 12.4. The average molecular weight is 594 g/mol. The molecule has 8 nitrogen and oxygen atoms in total. The highest BCUT2D eigenvalue weighted by atomic mass is 31.2. The van der Waals surface area contributed by atoms with Crippen LogP contribution in [-0.4, -0.2) is 49.9 Å². The quantitative estimate of drug-likeness (QED) is 0.0452. The number of phosphoric acid groups is 1. The Morgan fingerprint density at radius 3 is 1.57 bits per heavy atom. The molecule has 40 heavy (non-hydrogen) atoms. The fraction of sp³-hybridized carbons (Fsp3) is 0.968. The zero-order valence-electron chi connectivity index (χ0n) is 26.1. The molecule has 0 aliphatic rings. The second-order valence-electron chi connectivity index (χ2n) is 11.0. The van der Waals surface area contributed by atoms with Crippen molar-refractivity contribution in [1.29, 1.82) is 0 Å². The summed E-state index contributed by atoms with van der Waals surface area (Å²) < 4.78 is 33.0. The van der Waals surface area contributed by atoms with Crippen LogP contribution in [0.2, 0.25) is 0 Å². The van der Waals surface area contributed by atoms with Crippen LogP contribution in [0.25, 0.3) is 0 Å². The maximum Gasteiger partial charge on any atom is 0.472 e. The van der Waals surface area contributed by atoms with Gasteiger partial charge in [-0.3, -0.25) is 13.8 Å². The first-order valence-corrected chi connectivity index (χ1v) is 18.0. The molecule has 0 heterocycles. The highest BCUT2D eigenvalue weighted by molar-refractivity contribution is 7.47. The SMILES string of the molecule is CCCCCCCCCCCCCCCCC(=O)OC(COCCCCCCCCC)COP(=O)(O)OCCN. The van der Waals surface area contributed by atoms with Crippen LogP contribution in [0.3, 0.4) is 0 Å². The Morgan fingerprint density at radius 1 is 0.650 bits per heavy atom. The smallest absolute Gasteiger partial charge is 0.457 e. The van der Waals surface area contributed by atoms with Gasteiger partial charge in [0.2, 0.25) is 0 Å². The molecule has 3 N–H and O–H groups in total. The molecule has 2 atom stereocenters. The minimum absolute atomic E-state index is 0.0912. The van der Waals surface area contributed by atoms with Crippen molar-refractivity contribution in [2.45, 2.75) is 161 Å². The van der Waals surface area contributed by atoms with Crippen LogP contribution in [0, 0.1) is 0 Å². The molecule has 0 saturated heterocycles. The number of carbonyl (C=O) groups excluding carboxylic acids is 1. The fourth-order valence-electron chi connectivity index (χ4n) is 4.58. The lowest BCUT2D eigenvalue weighted by atomic mass is 10.0. The number of esters is 1. The lowest BCUT2D eigenvalue weighted by Gasteiger charge is -2.20. The van der Waals surface area contributed by atoms with Gasteiger partial charge in [0.25, 0.3) is 0 Å². The third-order valence-corrected chi connectivity index (χ3v) is 8.01. The van der Waals surface area contributed by atoms with E-state index in [1.807, 2.05) is 0 Å². The molecule has 0 spiro atoms. The van der Waals surface area contributed by atoms with E-state index in [4.69, 9.17) is 24.3 Å². The van der Waals surface area contributed by atoms with Gasteiger partial charge in [-0.1, -0.05) is 136 Å². The molecule has 0 fully saturated rings. The van der Waals surface area contributed by atoms with Gasteiger partial charge in [-0.2, -0.15) is 0 Å². The molecule has 240 valence electrons. The van der Waals surface area contributed by atoms with E-state index in [1.54, 1.807) is 0 Å². The summed E-state index contributed by atoms with van der Waals surface area (Å²) in [5.41, 5.74) is 5.32. The van der Waals surface area contributed by atoms with Crippen LogP contribution >= 0.6 is 7.82 Å². The highest BCUT2D eigenvalue weighted by Gasteiger charge is 2.25. The molecule has 0 aromatic carbocycles. The van der Waals surface area contributed by atoms with E-state index >= 15 is 0 Å². The van der Waals surface area contributed by atoms with Gasteiger partial charge in [-0.25, -0.2) is 4.57 Å². The monoisotopic (exact) mass is 593 g/mol. The first kappa shape index (κ1) is 39.5. The molecule has 0 aliphatic heterocycles. The summed E-state index contributed by atoms with van der Waals surface area (Å²) in [4.78, 5) is 22.2. The van der Waals surface area contributed by atoms with Crippen molar-refractivity contribution in [2.24, 2.45) is 5.73 Å². The van der Waals surface area contributed by atoms with E-state index in [2.05, 4.69) is 13.8 Å². The first-order valence-electron chi connectivity index (χ1n) is 16.5.